The van der Waals surface area contributed by atoms with E-state index in [2.05, 4.69) is 47.0 Å². The number of hydrogen-bond donors (Lipinski definition) is 0. The highest BCUT2D eigenvalue weighted by molar-refractivity contribution is 8.18. The fraction of sp³-hybridized carbons (Fsp3) is 1.00. The Hall–Kier alpha value is 1.40. The summed E-state index contributed by atoms with van der Waals surface area (Å²) in [5.74, 6) is 0. The van der Waals surface area contributed by atoms with Gasteiger partial charge in [-0.2, -0.15) is 47.0 Å². The van der Waals surface area contributed by atoms with Crippen LogP contribution in [-0.2, 0) is 0 Å². The SMILES string of the molecule is S1C2C3SC4C1C1SC2C3SC41. The van der Waals surface area contributed by atoms with E-state index >= 15 is 0 Å². The van der Waals surface area contributed by atoms with Gasteiger partial charge in [0.05, 0.1) is 0 Å². The van der Waals surface area contributed by atoms with Gasteiger partial charge in [0.25, 0.3) is 0 Å². The summed E-state index contributed by atoms with van der Waals surface area (Å²) in [6.45, 7) is 0. The molecule has 64 valence electrons. The Morgan fingerprint density at radius 3 is 0.667 bits per heavy atom. The second-order valence-corrected chi connectivity index (χ2v) is 9.70. The van der Waals surface area contributed by atoms with Gasteiger partial charge < -0.3 is 0 Å². The Morgan fingerprint density at radius 2 is 0.500 bits per heavy atom. The molecule has 0 aromatic heterocycles. The lowest BCUT2D eigenvalue weighted by Gasteiger charge is -2.74. The van der Waals surface area contributed by atoms with Crippen LogP contribution in [0.15, 0.2) is 0 Å². The number of hydrogen-bond acceptors (Lipinski definition) is 4. The molecule has 0 unspecified atom stereocenters. The zero-order chi connectivity index (χ0) is 7.45. The quantitative estimate of drug-likeness (QED) is 0.626. The highest BCUT2D eigenvalue weighted by Gasteiger charge is 2.73. The summed E-state index contributed by atoms with van der Waals surface area (Å²) in [6, 6.07) is 0. The molecule has 0 atom stereocenters. The third-order valence-electron chi connectivity index (χ3n) is 3.85. The van der Waals surface area contributed by atoms with Crippen molar-refractivity contribution in [3.05, 3.63) is 0 Å². The summed E-state index contributed by atoms with van der Waals surface area (Å²) >= 11 is 9.47. The topological polar surface area (TPSA) is 0 Å². The van der Waals surface area contributed by atoms with Crippen LogP contribution in [0.3, 0.4) is 0 Å². The number of thioether (sulfide) groups is 4. The van der Waals surface area contributed by atoms with Crippen LogP contribution in [0.2, 0.25) is 0 Å². The van der Waals surface area contributed by atoms with E-state index < -0.39 is 0 Å². The van der Waals surface area contributed by atoms with Gasteiger partial charge in [-0.1, -0.05) is 0 Å². The smallest absolute Gasteiger partial charge is 0.0311 e. The molecule has 6 aliphatic rings. The average Bonchev–Trinajstić information content (AvgIpc) is 1.98. The average molecular weight is 232 g/mol. The lowest BCUT2D eigenvalue weighted by atomic mass is 9.92. The first kappa shape index (κ1) is 6.81. The lowest BCUT2D eigenvalue weighted by Crippen LogP contribution is -2.79. The first-order valence-corrected chi connectivity index (χ1v) is 8.32. The Labute approximate surface area is 88.8 Å². The van der Waals surface area contributed by atoms with E-state index in [0.717, 1.165) is 42.0 Å². The molecule has 6 rings (SSSR count). The highest BCUT2D eigenvalue weighted by atomic mass is 32.2. The van der Waals surface area contributed by atoms with Crippen molar-refractivity contribution < 1.29 is 0 Å². The van der Waals surface area contributed by atoms with Crippen LogP contribution in [0.5, 0.6) is 0 Å². The van der Waals surface area contributed by atoms with Gasteiger partial charge in [-0.05, 0) is 0 Å². The Morgan fingerprint density at radius 1 is 0.333 bits per heavy atom. The van der Waals surface area contributed by atoms with E-state index in [0.29, 0.717) is 0 Å². The molecule has 2 aliphatic carbocycles. The van der Waals surface area contributed by atoms with Crippen LogP contribution >= 0.6 is 47.0 Å². The van der Waals surface area contributed by atoms with Crippen molar-refractivity contribution in [3.8, 4) is 0 Å². The maximum atomic E-state index is 2.37. The molecule has 12 heavy (non-hydrogen) atoms. The molecule has 0 spiro atoms. The van der Waals surface area contributed by atoms with E-state index in [1.165, 1.54) is 0 Å². The van der Waals surface area contributed by atoms with Crippen LogP contribution in [-0.4, -0.2) is 42.0 Å². The van der Waals surface area contributed by atoms with Crippen LogP contribution < -0.4 is 0 Å². The van der Waals surface area contributed by atoms with Gasteiger partial charge in [-0.15, -0.1) is 0 Å². The fourth-order valence-corrected chi connectivity index (χ4v) is 13.7. The highest BCUT2D eigenvalue weighted by Crippen LogP contribution is 2.76. The first-order valence-electron chi connectivity index (χ1n) is 4.55. The van der Waals surface area contributed by atoms with Crippen molar-refractivity contribution in [3.63, 3.8) is 0 Å². The minimum absolute atomic E-state index is 1.07. The normalized spacial score (nSPS) is 80.0. The third-order valence-corrected chi connectivity index (χ3v) is 12.4. The van der Waals surface area contributed by atoms with Crippen LogP contribution in [0.1, 0.15) is 0 Å². The minimum Gasteiger partial charge on any atom is -0.150 e. The zero-order valence-corrected chi connectivity index (χ0v) is 9.52. The van der Waals surface area contributed by atoms with Crippen LogP contribution in [0.25, 0.3) is 0 Å². The van der Waals surface area contributed by atoms with Gasteiger partial charge in [-0.3, -0.25) is 0 Å². The Kier molecular flexibility index (Phi) is 1.06. The molecule has 6 fully saturated rings. The Balaban J connectivity index is 1.74. The van der Waals surface area contributed by atoms with E-state index in [-0.39, 0.29) is 0 Å². The maximum Gasteiger partial charge on any atom is 0.0311 e. The lowest BCUT2D eigenvalue weighted by molar-refractivity contribution is 0.452. The minimum atomic E-state index is 1.07. The van der Waals surface area contributed by atoms with Gasteiger partial charge in [0.15, 0.2) is 0 Å². The van der Waals surface area contributed by atoms with Crippen molar-refractivity contribution in [2.75, 3.05) is 0 Å². The van der Waals surface area contributed by atoms with Crippen molar-refractivity contribution in [1.82, 2.24) is 0 Å². The summed E-state index contributed by atoms with van der Waals surface area (Å²) in [5.41, 5.74) is 0. The largest absolute Gasteiger partial charge is 0.150 e. The van der Waals surface area contributed by atoms with Crippen molar-refractivity contribution in [2.45, 2.75) is 42.0 Å². The maximum absolute atomic E-state index is 2.37. The van der Waals surface area contributed by atoms with E-state index in [1.54, 1.807) is 0 Å². The zero-order valence-electron chi connectivity index (χ0n) is 6.25. The summed E-state index contributed by atoms with van der Waals surface area (Å²) in [5, 5.41) is 8.53. The fourth-order valence-electron chi connectivity index (χ4n) is 3.17. The predicted molar refractivity (Wildman–Crippen MR) is 60.7 cm³/mol. The summed E-state index contributed by atoms with van der Waals surface area (Å²) < 4.78 is 0. The second-order valence-electron chi connectivity index (χ2n) is 4.26. The van der Waals surface area contributed by atoms with Gasteiger partial charge in [0.2, 0.25) is 0 Å². The van der Waals surface area contributed by atoms with Crippen molar-refractivity contribution in [1.29, 1.82) is 0 Å². The Bertz CT molecular complexity index is 184. The molecule has 0 radical (unpaired) electrons. The van der Waals surface area contributed by atoms with E-state index in [4.69, 9.17) is 0 Å². The first-order chi connectivity index (χ1) is 5.93. The number of rotatable bonds is 0. The molecular formula is C8H8S4. The molecule has 0 amide bonds. The second kappa shape index (κ2) is 1.86. The van der Waals surface area contributed by atoms with Crippen LogP contribution in [0.4, 0.5) is 0 Å². The van der Waals surface area contributed by atoms with Gasteiger partial charge in [-0.25, -0.2) is 0 Å². The molecule has 4 saturated heterocycles. The molecule has 2 saturated carbocycles. The van der Waals surface area contributed by atoms with E-state index in [9.17, 15) is 0 Å². The van der Waals surface area contributed by atoms with Crippen molar-refractivity contribution >= 4 is 47.0 Å². The monoisotopic (exact) mass is 232 g/mol. The van der Waals surface area contributed by atoms with E-state index in [1.807, 2.05) is 0 Å². The molecule has 4 aliphatic heterocycles. The van der Waals surface area contributed by atoms with Gasteiger partial charge >= 0.3 is 0 Å². The summed E-state index contributed by atoms with van der Waals surface area (Å²) in [7, 11) is 0. The molecule has 0 N–H and O–H groups in total. The molecule has 0 aromatic carbocycles. The standard InChI is InChI=1S/C8H8S4/c9-1-2-4-3(1)11-7-5(9)6(10-2)8(7)12-4/h1-8H. The summed E-state index contributed by atoms with van der Waals surface area (Å²) in [4.78, 5) is 0. The van der Waals surface area contributed by atoms with Crippen molar-refractivity contribution in [2.24, 2.45) is 0 Å². The van der Waals surface area contributed by atoms with Gasteiger partial charge in [0.1, 0.15) is 0 Å². The molecule has 4 heterocycles. The molecular weight excluding hydrogens is 224 g/mol. The predicted octanol–water partition coefficient (Wildman–Crippen LogP) is 1.94. The summed E-state index contributed by atoms with van der Waals surface area (Å²) in [6.07, 6.45) is 0. The molecule has 4 heteroatoms. The molecule has 8 bridgehead atoms. The molecule has 0 nitrogen and oxygen atoms in total. The third kappa shape index (κ3) is 0.505. The molecule has 0 aromatic rings. The van der Waals surface area contributed by atoms with Crippen LogP contribution in [0, 0.1) is 0 Å². The van der Waals surface area contributed by atoms with Gasteiger partial charge in [0, 0.05) is 42.0 Å².